The second-order valence-corrected chi connectivity index (χ2v) is 5.44. The molecule has 2 heterocycles. The van der Waals surface area contributed by atoms with Crippen molar-refractivity contribution in [3.8, 4) is 0 Å². The summed E-state index contributed by atoms with van der Waals surface area (Å²) in [6, 6.07) is 3.18. The molecule has 0 aromatic carbocycles. The van der Waals surface area contributed by atoms with Crippen molar-refractivity contribution in [3.05, 3.63) is 29.1 Å². The number of fused-ring (bicyclic) bond motifs is 1. The zero-order chi connectivity index (χ0) is 11.7. The van der Waals surface area contributed by atoms with Crippen LogP contribution < -0.4 is 0 Å². The predicted octanol–water partition coefficient (Wildman–Crippen LogP) is 2.60. The number of nitrogens with zero attached hydrogens (tertiary/aromatic N) is 2. The summed E-state index contributed by atoms with van der Waals surface area (Å²) in [7, 11) is 0. The molecule has 2 nitrogen and oxygen atoms in total. The first-order chi connectivity index (χ1) is 8.36. The Labute approximate surface area is 104 Å². The molecule has 0 saturated carbocycles. The average molecular weight is 230 g/mol. The summed E-state index contributed by atoms with van der Waals surface area (Å²) in [6.45, 7) is 4.85. The van der Waals surface area contributed by atoms with Gasteiger partial charge in [-0.25, -0.2) is 0 Å². The molecule has 0 amide bonds. The lowest BCUT2D eigenvalue weighted by Gasteiger charge is -2.31. The van der Waals surface area contributed by atoms with E-state index in [1.54, 1.807) is 0 Å². The summed E-state index contributed by atoms with van der Waals surface area (Å²) >= 11 is 0. The Morgan fingerprint density at radius 3 is 2.94 bits per heavy atom. The molecule has 92 valence electrons. The van der Waals surface area contributed by atoms with Gasteiger partial charge in [0.15, 0.2) is 0 Å². The Morgan fingerprint density at radius 2 is 2.18 bits per heavy atom. The Balaban J connectivity index is 1.78. The highest BCUT2D eigenvalue weighted by atomic mass is 15.2. The van der Waals surface area contributed by atoms with E-state index in [4.69, 9.17) is 0 Å². The van der Waals surface area contributed by atoms with Gasteiger partial charge >= 0.3 is 0 Å². The van der Waals surface area contributed by atoms with Crippen LogP contribution in [0, 0.1) is 0 Å². The zero-order valence-corrected chi connectivity index (χ0v) is 10.8. The molecule has 0 spiro atoms. The van der Waals surface area contributed by atoms with Crippen molar-refractivity contribution in [2.45, 2.75) is 51.5 Å². The van der Waals surface area contributed by atoms with E-state index >= 15 is 0 Å². The lowest BCUT2D eigenvalue weighted by atomic mass is 9.90. The predicted molar refractivity (Wildman–Crippen MR) is 70.2 cm³/mol. The maximum absolute atomic E-state index is 4.63. The fourth-order valence-corrected chi connectivity index (χ4v) is 3.26. The van der Waals surface area contributed by atoms with Crippen molar-refractivity contribution in [1.82, 2.24) is 9.88 Å². The highest BCUT2D eigenvalue weighted by molar-refractivity contribution is 5.28. The van der Waals surface area contributed by atoms with Gasteiger partial charge in [0, 0.05) is 17.9 Å². The topological polar surface area (TPSA) is 16.1 Å². The van der Waals surface area contributed by atoms with Crippen LogP contribution in [0.5, 0.6) is 0 Å². The first-order valence-electron chi connectivity index (χ1n) is 7.07. The first-order valence-corrected chi connectivity index (χ1v) is 7.07. The van der Waals surface area contributed by atoms with E-state index in [9.17, 15) is 0 Å². The molecular formula is C15H22N2. The quantitative estimate of drug-likeness (QED) is 0.776. The molecule has 1 saturated heterocycles. The second kappa shape index (κ2) is 4.77. The molecule has 1 fully saturated rings. The van der Waals surface area contributed by atoms with Crippen molar-refractivity contribution in [2.75, 3.05) is 13.1 Å². The van der Waals surface area contributed by atoms with Crippen molar-refractivity contribution < 1.29 is 0 Å². The molecule has 1 unspecified atom stereocenters. The van der Waals surface area contributed by atoms with Gasteiger partial charge in [0.2, 0.25) is 0 Å². The molecular weight excluding hydrogens is 208 g/mol. The molecule has 1 aliphatic carbocycles. The lowest BCUT2D eigenvalue weighted by Crippen LogP contribution is -2.37. The maximum atomic E-state index is 4.63. The standard InChI is InChI=1S/C15H22N2/c1-2-12-9-13-10-14(17-7-3-4-8-17)5-6-15(13)16-11-12/h9,11,14H,2-8,10H2,1H3. The van der Waals surface area contributed by atoms with Crippen LogP contribution in [0.4, 0.5) is 0 Å². The van der Waals surface area contributed by atoms with Crippen LogP contribution in [0.3, 0.4) is 0 Å². The van der Waals surface area contributed by atoms with Gasteiger partial charge in [-0.3, -0.25) is 4.98 Å². The molecule has 0 radical (unpaired) electrons. The third kappa shape index (κ3) is 2.23. The minimum atomic E-state index is 0.791. The van der Waals surface area contributed by atoms with Gasteiger partial charge in [-0.05, 0) is 62.7 Å². The minimum Gasteiger partial charge on any atom is -0.300 e. The Bertz CT molecular complexity index is 394. The summed E-state index contributed by atoms with van der Waals surface area (Å²) in [6.07, 6.45) is 9.69. The molecule has 1 atom stereocenters. The van der Waals surface area contributed by atoms with Gasteiger partial charge in [0.25, 0.3) is 0 Å². The molecule has 0 bridgehead atoms. The molecule has 2 aliphatic rings. The molecule has 1 aliphatic heterocycles. The van der Waals surface area contributed by atoms with Crippen molar-refractivity contribution >= 4 is 0 Å². The van der Waals surface area contributed by atoms with Gasteiger partial charge in [0.05, 0.1) is 0 Å². The smallest absolute Gasteiger partial charge is 0.0436 e. The maximum Gasteiger partial charge on any atom is 0.0436 e. The van der Waals surface area contributed by atoms with Crippen LogP contribution in [0.15, 0.2) is 12.3 Å². The molecule has 1 aromatic rings. The summed E-state index contributed by atoms with van der Waals surface area (Å²) in [5, 5.41) is 0. The number of likely N-dealkylation sites (tertiary alicyclic amines) is 1. The van der Waals surface area contributed by atoms with Crippen LogP contribution in [0.1, 0.15) is 43.0 Å². The highest BCUT2D eigenvalue weighted by Crippen LogP contribution is 2.26. The van der Waals surface area contributed by atoms with E-state index in [0.29, 0.717) is 0 Å². The number of pyridine rings is 1. The van der Waals surface area contributed by atoms with E-state index in [1.807, 2.05) is 0 Å². The third-order valence-electron chi connectivity index (χ3n) is 4.35. The number of aromatic nitrogens is 1. The Hall–Kier alpha value is -0.890. The minimum absolute atomic E-state index is 0.791. The summed E-state index contributed by atoms with van der Waals surface area (Å²) in [5.41, 5.74) is 4.27. The largest absolute Gasteiger partial charge is 0.300 e. The van der Waals surface area contributed by atoms with Gasteiger partial charge < -0.3 is 4.90 Å². The second-order valence-electron chi connectivity index (χ2n) is 5.44. The Morgan fingerprint density at radius 1 is 1.35 bits per heavy atom. The Kier molecular flexibility index (Phi) is 3.15. The number of rotatable bonds is 2. The van der Waals surface area contributed by atoms with Crippen LogP contribution in [0.2, 0.25) is 0 Å². The van der Waals surface area contributed by atoms with Crippen molar-refractivity contribution in [1.29, 1.82) is 0 Å². The van der Waals surface area contributed by atoms with Gasteiger partial charge in [0.1, 0.15) is 0 Å². The van der Waals surface area contributed by atoms with E-state index in [1.165, 1.54) is 62.0 Å². The SMILES string of the molecule is CCc1cnc2c(c1)CC(N1CCCC1)CC2. The van der Waals surface area contributed by atoms with E-state index in [2.05, 4.69) is 29.1 Å². The van der Waals surface area contributed by atoms with Crippen molar-refractivity contribution in [2.24, 2.45) is 0 Å². The summed E-state index contributed by atoms with van der Waals surface area (Å²) in [5.74, 6) is 0. The van der Waals surface area contributed by atoms with E-state index in [0.717, 1.165) is 12.5 Å². The van der Waals surface area contributed by atoms with Crippen LogP contribution in [0.25, 0.3) is 0 Å². The molecule has 0 N–H and O–H groups in total. The summed E-state index contributed by atoms with van der Waals surface area (Å²) < 4.78 is 0. The van der Waals surface area contributed by atoms with Gasteiger partial charge in [-0.1, -0.05) is 13.0 Å². The van der Waals surface area contributed by atoms with Crippen LogP contribution >= 0.6 is 0 Å². The number of hydrogen-bond acceptors (Lipinski definition) is 2. The van der Waals surface area contributed by atoms with Gasteiger partial charge in [-0.15, -0.1) is 0 Å². The lowest BCUT2D eigenvalue weighted by molar-refractivity contribution is 0.221. The van der Waals surface area contributed by atoms with E-state index < -0.39 is 0 Å². The fourth-order valence-electron chi connectivity index (χ4n) is 3.26. The van der Waals surface area contributed by atoms with Crippen LogP contribution in [-0.4, -0.2) is 29.0 Å². The van der Waals surface area contributed by atoms with Crippen molar-refractivity contribution in [3.63, 3.8) is 0 Å². The third-order valence-corrected chi connectivity index (χ3v) is 4.35. The highest BCUT2D eigenvalue weighted by Gasteiger charge is 2.26. The normalized spacial score (nSPS) is 24.9. The van der Waals surface area contributed by atoms with Crippen LogP contribution in [-0.2, 0) is 19.3 Å². The fraction of sp³-hybridized carbons (Fsp3) is 0.667. The summed E-state index contributed by atoms with van der Waals surface area (Å²) in [4.78, 5) is 7.33. The number of hydrogen-bond donors (Lipinski definition) is 0. The zero-order valence-electron chi connectivity index (χ0n) is 10.8. The average Bonchev–Trinajstić information content (AvgIpc) is 2.91. The van der Waals surface area contributed by atoms with Gasteiger partial charge in [-0.2, -0.15) is 0 Å². The molecule has 3 rings (SSSR count). The van der Waals surface area contributed by atoms with E-state index in [-0.39, 0.29) is 0 Å². The number of aryl methyl sites for hydroxylation is 2. The first kappa shape index (κ1) is 11.2. The molecule has 17 heavy (non-hydrogen) atoms. The molecule has 1 aromatic heterocycles. The molecule has 2 heteroatoms. The monoisotopic (exact) mass is 230 g/mol.